The van der Waals surface area contributed by atoms with Gasteiger partial charge in [-0.3, -0.25) is 18.6 Å². The summed E-state index contributed by atoms with van der Waals surface area (Å²) in [6.07, 6.45) is 33.7. The summed E-state index contributed by atoms with van der Waals surface area (Å²) in [7, 11) is -5.15. The maximum atomic E-state index is 12.8. The minimum Gasteiger partial charge on any atom is -0.462 e. The Labute approximate surface area is 382 Å². The Hall–Kier alpha value is -3.01. The number of carbonyl (C=O) groups is 2. The van der Waals surface area contributed by atoms with Gasteiger partial charge in [-0.05, 0) is 89.9 Å². The minimum absolute atomic E-state index is 0.0484. The van der Waals surface area contributed by atoms with E-state index in [1.165, 1.54) is 19.3 Å². The fourth-order valence-corrected chi connectivity index (χ4v) is 7.69. The van der Waals surface area contributed by atoms with E-state index >= 15 is 0 Å². The largest absolute Gasteiger partial charge is 0.472 e. The first-order valence-electron chi connectivity index (χ1n) is 23.5. The zero-order valence-electron chi connectivity index (χ0n) is 38.2. The number of carbonyl (C=O) groups excluding carboxylic acids is 2. The van der Waals surface area contributed by atoms with Crippen LogP contribution >= 0.6 is 7.82 Å². The van der Waals surface area contributed by atoms with E-state index in [0.717, 1.165) is 77.0 Å². The Balaban J connectivity index is 1.75. The van der Waals surface area contributed by atoms with Gasteiger partial charge in [0.1, 0.15) is 43.2 Å². The van der Waals surface area contributed by atoms with Gasteiger partial charge in [0.15, 0.2) is 6.10 Å². The Kier molecular flexibility index (Phi) is 31.4. The van der Waals surface area contributed by atoms with Crippen molar-refractivity contribution in [2.24, 2.45) is 0 Å². The van der Waals surface area contributed by atoms with E-state index in [0.29, 0.717) is 19.3 Å². The summed E-state index contributed by atoms with van der Waals surface area (Å²) < 4.78 is 39.2. The number of ether oxygens (including phenoxy) is 3. The number of aliphatic hydroxyl groups excluding tert-OH is 5. The van der Waals surface area contributed by atoms with E-state index in [-0.39, 0.29) is 25.0 Å². The quantitative estimate of drug-likeness (QED) is 0.0115. The number of allylic oxidation sites excluding steroid dienone is 12. The number of esters is 2. The molecule has 2 aliphatic rings. The lowest BCUT2D eigenvalue weighted by molar-refractivity contribution is -0.220. The van der Waals surface area contributed by atoms with Gasteiger partial charge in [-0.15, -0.1) is 0 Å². The summed E-state index contributed by atoms with van der Waals surface area (Å²) >= 11 is 0. The van der Waals surface area contributed by atoms with Crippen LogP contribution in [-0.4, -0.2) is 111 Å². The highest BCUT2D eigenvalue weighted by atomic mass is 31.2. The van der Waals surface area contributed by atoms with Gasteiger partial charge in [0.2, 0.25) is 0 Å². The first kappa shape index (κ1) is 57.1. The van der Waals surface area contributed by atoms with Crippen LogP contribution in [0.15, 0.2) is 85.1 Å². The van der Waals surface area contributed by atoms with Crippen molar-refractivity contribution in [3.05, 3.63) is 85.1 Å². The van der Waals surface area contributed by atoms with Gasteiger partial charge in [-0.2, -0.15) is 0 Å². The van der Waals surface area contributed by atoms with Gasteiger partial charge in [-0.25, -0.2) is 4.57 Å². The summed E-state index contributed by atoms with van der Waals surface area (Å²) in [4.78, 5) is 35.8. The Morgan fingerprint density at radius 3 is 1.62 bits per heavy atom. The number of hydrogen-bond acceptors (Lipinski definition) is 13. The van der Waals surface area contributed by atoms with Crippen LogP contribution in [0.5, 0.6) is 0 Å². The van der Waals surface area contributed by atoms with E-state index in [2.05, 4.69) is 86.8 Å². The van der Waals surface area contributed by atoms with Crippen molar-refractivity contribution in [1.29, 1.82) is 0 Å². The molecule has 364 valence electrons. The summed E-state index contributed by atoms with van der Waals surface area (Å²) in [6.45, 7) is 3.06. The number of phosphoric acid groups is 1. The van der Waals surface area contributed by atoms with Crippen molar-refractivity contribution in [2.75, 3.05) is 13.2 Å². The number of phosphoric ester groups is 1. The highest BCUT2D eigenvalue weighted by Gasteiger charge is 2.51. The summed E-state index contributed by atoms with van der Waals surface area (Å²) in [5.74, 6) is -1.21. The van der Waals surface area contributed by atoms with Gasteiger partial charge in [0, 0.05) is 12.8 Å². The smallest absolute Gasteiger partial charge is 0.462 e. The maximum absolute atomic E-state index is 12.8. The Morgan fingerprint density at radius 2 is 1.03 bits per heavy atom. The lowest BCUT2D eigenvalue weighted by Gasteiger charge is -2.41. The zero-order chi connectivity index (χ0) is 46.8. The van der Waals surface area contributed by atoms with E-state index in [1.807, 2.05) is 12.2 Å². The van der Waals surface area contributed by atoms with Crippen LogP contribution in [0.2, 0.25) is 0 Å². The van der Waals surface area contributed by atoms with Crippen LogP contribution in [0.1, 0.15) is 142 Å². The molecule has 2 rings (SSSR count). The van der Waals surface area contributed by atoms with E-state index in [4.69, 9.17) is 23.3 Å². The third-order valence-electron chi connectivity index (χ3n) is 10.6. The number of epoxide rings is 1. The molecule has 6 N–H and O–H groups in total. The minimum atomic E-state index is -5.15. The van der Waals surface area contributed by atoms with Gasteiger partial charge < -0.3 is 44.6 Å². The normalized spacial score (nSPS) is 25.5. The molecule has 64 heavy (non-hydrogen) atoms. The lowest BCUT2D eigenvalue weighted by Crippen LogP contribution is -2.64. The van der Waals surface area contributed by atoms with Crippen molar-refractivity contribution >= 4 is 19.8 Å². The summed E-state index contributed by atoms with van der Waals surface area (Å²) in [6, 6.07) is 0. The molecular weight excluding hydrogens is 843 g/mol. The summed E-state index contributed by atoms with van der Waals surface area (Å²) in [5.41, 5.74) is 0. The van der Waals surface area contributed by atoms with Crippen LogP contribution in [0, 0.1) is 0 Å². The predicted molar refractivity (Wildman–Crippen MR) is 248 cm³/mol. The highest BCUT2D eigenvalue weighted by molar-refractivity contribution is 7.47. The summed E-state index contributed by atoms with van der Waals surface area (Å²) in [5, 5.41) is 50.2. The fraction of sp³-hybridized carbons (Fsp3) is 0.673. The molecule has 0 aromatic carbocycles. The Bertz CT molecular complexity index is 1510. The van der Waals surface area contributed by atoms with Crippen LogP contribution in [-0.2, 0) is 37.4 Å². The predicted octanol–water partition coefficient (Wildman–Crippen LogP) is 8.26. The van der Waals surface area contributed by atoms with Gasteiger partial charge in [-0.1, -0.05) is 125 Å². The third kappa shape index (κ3) is 26.8. The van der Waals surface area contributed by atoms with Gasteiger partial charge >= 0.3 is 19.8 Å². The maximum Gasteiger partial charge on any atom is 0.472 e. The molecule has 0 aromatic rings. The molecule has 2 fully saturated rings. The molecule has 0 amide bonds. The monoisotopic (exact) mass is 923 g/mol. The molecule has 5 unspecified atom stereocenters. The number of hydrogen-bond donors (Lipinski definition) is 6. The average Bonchev–Trinajstić information content (AvgIpc) is 4.04. The molecule has 0 bridgehead atoms. The molecule has 14 nitrogen and oxygen atoms in total. The topological polar surface area (TPSA) is 222 Å². The van der Waals surface area contributed by atoms with Gasteiger partial charge in [0.25, 0.3) is 0 Å². The average molecular weight is 923 g/mol. The molecule has 15 heteroatoms. The first-order chi connectivity index (χ1) is 30.9. The molecule has 1 saturated carbocycles. The highest BCUT2D eigenvalue weighted by Crippen LogP contribution is 2.47. The van der Waals surface area contributed by atoms with Crippen molar-refractivity contribution < 1.29 is 67.8 Å². The van der Waals surface area contributed by atoms with Gasteiger partial charge in [0.05, 0.1) is 18.8 Å². The molecule has 0 radical (unpaired) electrons. The zero-order valence-corrected chi connectivity index (χ0v) is 39.1. The lowest BCUT2D eigenvalue weighted by atomic mass is 9.85. The van der Waals surface area contributed by atoms with Crippen molar-refractivity contribution in [2.45, 2.75) is 197 Å². The van der Waals surface area contributed by atoms with E-state index < -0.39 is 75.7 Å². The standard InChI is InChI=1S/C49H79O14P/c1-3-5-7-9-11-13-14-15-16-17-18-19-20-22-24-26-32-36-43(51)61-39(38-60-64(57,58)63-49-47(55)45(53)44(52)46(54)48(49)56)37-59-42(50)35-31-28-27-30-34-41-40(62-41)33-29-25-23-21-12-10-8-6-4-2/h5,7,11-13,15-16,18-19,21,25,27,29-30,39-41,44-49,52-56H,3-4,6,8-10,14,17,20,22-24,26,28,31-38H2,1-2H3,(H,57,58)/b7-5-,13-11-,16-15-,19-18-,21-12-,29-25-,30-27-/t39-,40?,41?,44?,45-,46+,47-,48-,49?/m1/s1. The van der Waals surface area contributed by atoms with Crippen LogP contribution in [0.3, 0.4) is 0 Å². The number of unbranched alkanes of at least 4 members (excludes halogenated alkanes) is 8. The number of aliphatic hydroxyl groups is 5. The van der Waals surface area contributed by atoms with Crippen molar-refractivity contribution in [1.82, 2.24) is 0 Å². The second kappa shape index (κ2) is 35.2. The number of rotatable bonds is 36. The first-order valence-corrected chi connectivity index (χ1v) is 25.0. The molecule has 1 saturated heterocycles. The molecule has 1 aliphatic carbocycles. The molecule has 0 spiro atoms. The SMILES string of the molecule is CC/C=C\C/C=C\C/C=C\C/C=C\CCCCCCC(=O)O[C@H](COC(=O)CCC/C=C\CC1OC1C/C=C\C/C=C\CCCCC)COP(=O)(O)OC1[C@H](O)[C@H](O)C(O)[C@H](O)[C@H]1O. The molecule has 1 aliphatic heterocycles. The van der Waals surface area contributed by atoms with Crippen LogP contribution in [0.4, 0.5) is 0 Å². The van der Waals surface area contributed by atoms with Crippen LogP contribution in [0.25, 0.3) is 0 Å². The molecular formula is C49H79O14P. The molecule has 1 heterocycles. The third-order valence-corrected chi connectivity index (χ3v) is 11.6. The molecule has 0 aromatic heterocycles. The van der Waals surface area contributed by atoms with E-state index in [1.54, 1.807) is 0 Å². The van der Waals surface area contributed by atoms with Crippen molar-refractivity contribution in [3.8, 4) is 0 Å². The van der Waals surface area contributed by atoms with E-state index in [9.17, 15) is 44.6 Å². The fourth-order valence-electron chi connectivity index (χ4n) is 6.72. The van der Waals surface area contributed by atoms with Crippen LogP contribution < -0.4 is 0 Å². The second-order valence-corrected chi connectivity index (χ2v) is 17.7. The Morgan fingerprint density at radius 1 is 0.562 bits per heavy atom. The molecule has 10 atom stereocenters. The van der Waals surface area contributed by atoms with Crippen molar-refractivity contribution in [3.63, 3.8) is 0 Å². The second-order valence-electron chi connectivity index (χ2n) is 16.3.